The van der Waals surface area contributed by atoms with Gasteiger partial charge in [0.05, 0.1) is 24.6 Å². The summed E-state index contributed by atoms with van der Waals surface area (Å²) in [5.41, 5.74) is 7.40. The van der Waals surface area contributed by atoms with Crippen LogP contribution >= 0.6 is 0 Å². The topological polar surface area (TPSA) is 119 Å². The van der Waals surface area contributed by atoms with Gasteiger partial charge in [0.15, 0.2) is 0 Å². The maximum absolute atomic E-state index is 12.2. The fourth-order valence-electron chi connectivity index (χ4n) is 3.21. The summed E-state index contributed by atoms with van der Waals surface area (Å²) in [6, 6.07) is -0.0546. The fraction of sp³-hybridized carbons (Fsp3) is 0.438. The Morgan fingerprint density at radius 1 is 1.36 bits per heavy atom. The molecule has 25 heavy (non-hydrogen) atoms. The van der Waals surface area contributed by atoms with Gasteiger partial charge in [-0.15, -0.1) is 0 Å². The van der Waals surface area contributed by atoms with Crippen molar-refractivity contribution in [1.82, 2.24) is 24.6 Å². The van der Waals surface area contributed by atoms with E-state index in [9.17, 15) is 9.59 Å². The molecule has 0 aliphatic carbocycles. The van der Waals surface area contributed by atoms with Crippen LogP contribution in [0.1, 0.15) is 34.2 Å². The van der Waals surface area contributed by atoms with Crippen molar-refractivity contribution in [2.45, 2.75) is 19.4 Å². The minimum absolute atomic E-state index is 0.0546. The highest BCUT2D eigenvalue weighted by Gasteiger charge is 2.39. The highest BCUT2D eigenvalue weighted by atomic mass is 16.2. The number of hydrogen-bond donors (Lipinski definition) is 2. The number of primary amides is 1. The predicted octanol–water partition coefficient (Wildman–Crippen LogP) is 0.249. The van der Waals surface area contributed by atoms with E-state index in [4.69, 9.17) is 5.73 Å². The molecule has 3 rings (SSSR count). The largest absolute Gasteiger partial charge is 0.368 e. The summed E-state index contributed by atoms with van der Waals surface area (Å²) in [6.45, 7) is 2.51. The number of carbonyl (C=O) groups excluding carboxylic acids is 2. The van der Waals surface area contributed by atoms with Gasteiger partial charge < -0.3 is 16.0 Å². The molecule has 0 radical (unpaired) electrons. The van der Waals surface area contributed by atoms with Crippen LogP contribution in [0, 0.1) is 12.8 Å². The number of nitrogens with one attached hydrogen (secondary N) is 1. The molecule has 2 aromatic heterocycles. The van der Waals surface area contributed by atoms with Gasteiger partial charge >= 0.3 is 0 Å². The number of hydrogen-bond acceptors (Lipinski definition) is 6. The molecule has 0 aromatic carbocycles. The van der Waals surface area contributed by atoms with Gasteiger partial charge in [-0.2, -0.15) is 5.10 Å². The molecule has 0 spiro atoms. The van der Waals surface area contributed by atoms with Crippen LogP contribution in [0.5, 0.6) is 0 Å². The zero-order valence-corrected chi connectivity index (χ0v) is 14.4. The average molecular weight is 343 g/mol. The third-order valence-corrected chi connectivity index (χ3v) is 4.72. The second kappa shape index (κ2) is 6.50. The molecule has 0 unspecified atom stereocenters. The summed E-state index contributed by atoms with van der Waals surface area (Å²) < 4.78 is 1.80. The first-order valence-electron chi connectivity index (χ1n) is 7.98. The van der Waals surface area contributed by atoms with E-state index < -0.39 is 5.91 Å². The lowest BCUT2D eigenvalue weighted by Crippen LogP contribution is -2.27. The summed E-state index contributed by atoms with van der Waals surface area (Å²) in [6.07, 6.45) is 5.10. The zero-order chi connectivity index (χ0) is 18.1. The molecule has 1 saturated heterocycles. The molecule has 9 nitrogen and oxygen atoms in total. The Labute approximate surface area is 145 Å². The van der Waals surface area contributed by atoms with Gasteiger partial charge in [0.25, 0.3) is 5.91 Å². The number of aromatic nitrogens is 4. The van der Waals surface area contributed by atoms with E-state index in [2.05, 4.69) is 20.4 Å². The lowest BCUT2D eigenvalue weighted by Gasteiger charge is -2.25. The van der Waals surface area contributed by atoms with Crippen molar-refractivity contribution in [2.24, 2.45) is 18.7 Å². The molecule has 1 aliphatic heterocycles. The summed E-state index contributed by atoms with van der Waals surface area (Å²) in [4.78, 5) is 33.3. The molecule has 2 atom stereocenters. The van der Waals surface area contributed by atoms with Gasteiger partial charge in [-0.25, -0.2) is 4.98 Å². The average Bonchev–Trinajstić information content (AvgIpc) is 3.06. The Hall–Kier alpha value is -2.97. The highest BCUT2D eigenvalue weighted by Crippen LogP contribution is 2.38. The van der Waals surface area contributed by atoms with Crippen molar-refractivity contribution >= 4 is 17.6 Å². The first-order chi connectivity index (χ1) is 11.9. The second-order valence-electron chi connectivity index (χ2n) is 6.26. The third-order valence-electron chi connectivity index (χ3n) is 4.72. The Morgan fingerprint density at radius 2 is 2.12 bits per heavy atom. The van der Waals surface area contributed by atoms with E-state index in [-0.39, 0.29) is 23.6 Å². The summed E-state index contributed by atoms with van der Waals surface area (Å²) in [5, 5.41) is 7.45. The second-order valence-corrected chi connectivity index (χ2v) is 6.26. The molecular weight excluding hydrogens is 322 g/mol. The molecule has 9 heteroatoms. The molecule has 3 heterocycles. The van der Waals surface area contributed by atoms with Crippen molar-refractivity contribution < 1.29 is 9.59 Å². The fourth-order valence-corrected chi connectivity index (χ4v) is 3.21. The number of rotatable bonds is 5. The third kappa shape index (κ3) is 3.17. The molecule has 0 saturated carbocycles. The van der Waals surface area contributed by atoms with Crippen molar-refractivity contribution in [1.29, 1.82) is 0 Å². The van der Waals surface area contributed by atoms with E-state index >= 15 is 0 Å². The molecule has 0 bridgehead atoms. The summed E-state index contributed by atoms with van der Waals surface area (Å²) in [5.74, 6) is -0.0211. The van der Waals surface area contributed by atoms with E-state index in [1.165, 1.54) is 12.4 Å². The number of nitrogens with zero attached hydrogens (tertiary/aromatic N) is 5. The molecule has 1 aliphatic rings. The van der Waals surface area contributed by atoms with Crippen LogP contribution in [0.25, 0.3) is 0 Å². The molecule has 3 N–H and O–H groups in total. The molecular formula is C16H21N7O2. The van der Waals surface area contributed by atoms with Gasteiger partial charge in [-0.1, -0.05) is 0 Å². The first kappa shape index (κ1) is 16.9. The Kier molecular flexibility index (Phi) is 4.39. The SMILES string of the molecule is Cc1c([C@H]2[C@H](CNc3cncc(C(N)=O)n3)CC(=O)N2C)cnn1C. The minimum atomic E-state index is -0.629. The lowest BCUT2D eigenvalue weighted by atomic mass is 9.94. The van der Waals surface area contributed by atoms with Crippen LogP contribution in [0.3, 0.4) is 0 Å². The number of nitrogens with two attached hydrogens (primary N) is 1. The van der Waals surface area contributed by atoms with Gasteiger partial charge in [0, 0.05) is 44.2 Å². The van der Waals surface area contributed by atoms with Gasteiger partial charge in [-0.05, 0) is 6.92 Å². The van der Waals surface area contributed by atoms with E-state index in [0.29, 0.717) is 18.8 Å². The Morgan fingerprint density at radius 3 is 2.76 bits per heavy atom. The number of aryl methyl sites for hydroxylation is 1. The number of anilines is 1. The van der Waals surface area contributed by atoms with Crippen molar-refractivity contribution in [2.75, 3.05) is 18.9 Å². The quantitative estimate of drug-likeness (QED) is 0.803. The standard InChI is InChI=1S/C16H21N7O2/c1-9-11(6-20-23(9)3)15-10(4-14(24)22(15)2)5-19-13-8-18-7-12(21-13)16(17)25/h6-8,10,15H,4-5H2,1-3H3,(H2,17,25)(H,19,21)/t10-,15+/m0/s1. The number of amides is 2. The number of carbonyl (C=O) groups is 2. The van der Waals surface area contributed by atoms with Gasteiger partial charge in [0.2, 0.25) is 5.91 Å². The van der Waals surface area contributed by atoms with Crippen molar-refractivity contribution in [3.63, 3.8) is 0 Å². The zero-order valence-electron chi connectivity index (χ0n) is 14.4. The van der Waals surface area contributed by atoms with Crippen molar-refractivity contribution in [3.8, 4) is 0 Å². The van der Waals surface area contributed by atoms with Crippen molar-refractivity contribution in [3.05, 3.63) is 35.5 Å². The van der Waals surface area contributed by atoms with E-state index in [1.807, 2.05) is 27.2 Å². The maximum Gasteiger partial charge on any atom is 0.268 e. The van der Waals surface area contributed by atoms with Crippen LogP contribution in [0.2, 0.25) is 0 Å². The Balaban J connectivity index is 1.78. The van der Waals surface area contributed by atoms with Crippen LogP contribution in [0.15, 0.2) is 18.6 Å². The highest BCUT2D eigenvalue weighted by molar-refractivity contribution is 5.90. The maximum atomic E-state index is 12.2. The first-order valence-corrected chi connectivity index (χ1v) is 7.98. The van der Waals surface area contributed by atoms with Crippen LogP contribution < -0.4 is 11.1 Å². The normalized spacial score (nSPS) is 20.1. The van der Waals surface area contributed by atoms with E-state index in [0.717, 1.165) is 11.3 Å². The summed E-state index contributed by atoms with van der Waals surface area (Å²) in [7, 11) is 3.70. The Bertz CT molecular complexity index is 817. The van der Waals surface area contributed by atoms with E-state index in [1.54, 1.807) is 9.58 Å². The van der Waals surface area contributed by atoms with Gasteiger partial charge in [-0.3, -0.25) is 19.3 Å². The predicted molar refractivity (Wildman–Crippen MR) is 90.6 cm³/mol. The van der Waals surface area contributed by atoms with Crippen LogP contribution in [-0.4, -0.2) is 50.1 Å². The summed E-state index contributed by atoms with van der Waals surface area (Å²) >= 11 is 0. The molecule has 132 valence electrons. The molecule has 2 aromatic rings. The molecule has 2 amide bonds. The van der Waals surface area contributed by atoms with Crippen LogP contribution in [-0.2, 0) is 11.8 Å². The lowest BCUT2D eigenvalue weighted by molar-refractivity contribution is -0.127. The number of likely N-dealkylation sites (tertiary alicyclic amines) is 1. The van der Waals surface area contributed by atoms with Gasteiger partial charge in [0.1, 0.15) is 11.5 Å². The van der Waals surface area contributed by atoms with Crippen LogP contribution in [0.4, 0.5) is 5.82 Å². The monoisotopic (exact) mass is 343 g/mol. The smallest absolute Gasteiger partial charge is 0.268 e. The minimum Gasteiger partial charge on any atom is -0.368 e. The molecule has 1 fully saturated rings.